The molecule has 0 aliphatic carbocycles. The average Bonchev–Trinajstić information content (AvgIpc) is 3.66. The molecule has 25 heteroatoms. The van der Waals surface area contributed by atoms with E-state index in [1.54, 1.807) is 0 Å². The van der Waals surface area contributed by atoms with Crippen LogP contribution >= 0.6 is 0 Å². The molecule has 0 saturated heterocycles. The zero-order chi connectivity index (χ0) is 63.9. The van der Waals surface area contributed by atoms with Crippen LogP contribution in [0.2, 0.25) is 0 Å². The number of carbonyl (C=O) groups excluding carboxylic acids is 1. The molecule has 0 aromatic rings. The minimum atomic E-state index is 0.157. The Morgan fingerprint density at radius 3 is 0.500 bits per heavy atom. The first-order valence-corrected chi connectivity index (χ1v) is 32.6. The van der Waals surface area contributed by atoms with Gasteiger partial charge in [0.15, 0.2) is 0 Å². The summed E-state index contributed by atoms with van der Waals surface area (Å²) in [6.45, 7) is 40.0. The summed E-state index contributed by atoms with van der Waals surface area (Å²) in [4.78, 5) is 14.9. The van der Waals surface area contributed by atoms with E-state index < -0.39 is 0 Å². The van der Waals surface area contributed by atoms with Crippen LogP contribution in [0.4, 0.5) is 0 Å². The fraction of sp³-hybridized carbons (Fsp3) is 0.984. The summed E-state index contributed by atoms with van der Waals surface area (Å²) in [5.74, 6) is 0.157. The van der Waals surface area contributed by atoms with Gasteiger partial charge in [0.1, 0.15) is 0 Å². The highest BCUT2D eigenvalue weighted by Crippen LogP contribution is 2.22. The largest absolute Gasteiger partial charge is 0.379 e. The van der Waals surface area contributed by atoms with Gasteiger partial charge in [0.05, 0.1) is 304 Å². The van der Waals surface area contributed by atoms with E-state index in [0.29, 0.717) is 304 Å². The molecule has 0 N–H and O–H groups in total. The number of carbonyl (C=O) groups is 1. The van der Waals surface area contributed by atoms with Crippen molar-refractivity contribution in [3.63, 3.8) is 0 Å². The van der Waals surface area contributed by atoms with Gasteiger partial charge in [-0.05, 0) is 30.1 Å². The van der Waals surface area contributed by atoms with Gasteiger partial charge in [0, 0.05) is 19.7 Å². The highest BCUT2D eigenvalue weighted by Gasteiger charge is 2.20. The van der Waals surface area contributed by atoms with Crippen molar-refractivity contribution in [2.45, 2.75) is 80.6 Å². The lowest BCUT2D eigenvalue weighted by atomic mass is 9.90. The summed E-state index contributed by atoms with van der Waals surface area (Å²) < 4.78 is 127. The Morgan fingerprint density at radius 1 is 0.227 bits per heavy atom. The van der Waals surface area contributed by atoms with Crippen molar-refractivity contribution >= 4 is 5.91 Å². The standard InChI is InChI=1S/C63H127NO24/c1-8-9-15-66-17-19-68-21-23-70-25-27-72-29-31-74-33-35-76-37-39-78-41-43-80-45-47-82-49-51-84-53-55-86-57-59-88-60-58-87-56-54-85-52-50-83-48-46-81-44-42-79-40-38-77-36-34-75-32-30-73-28-26-71-24-22-69-20-18-67-16-10-61(65)64(13-11-62(2,3)4)14-12-63(5,6)7/h8-60H2,1-7H3. The predicted octanol–water partition coefficient (Wildman–Crippen LogP) is 5.26. The Morgan fingerprint density at radius 2 is 0.364 bits per heavy atom. The van der Waals surface area contributed by atoms with Crippen LogP contribution in [0.5, 0.6) is 0 Å². The van der Waals surface area contributed by atoms with Gasteiger partial charge in [-0.3, -0.25) is 4.79 Å². The van der Waals surface area contributed by atoms with Crippen LogP contribution in [0.1, 0.15) is 80.6 Å². The second-order valence-electron chi connectivity index (χ2n) is 22.2. The number of nitrogens with zero attached hydrogens (tertiary/aromatic N) is 1. The van der Waals surface area contributed by atoms with Crippen LogP contribution < -0.4 is 0 Å². The molecule has 0 unspecified atom stereocenters. The molecule has 0 atom stereocenters. The van der Waals surface area contributed by atoms with Crippen LogP contribution in [-0.2, 0) is 114 Å². The van der Waals surface area contributed by atoms with Gasteiger partial charge in [0.2, 0.25) is 5.91 Å². The Balaban J connectivity index is 3.19. The maximum atomic E-state index is 12.9. The van der Waals surface area contributed by atoms with Gasteiger partial charge < -0.3 is 114 Å². The van der Waals surface area contributed by atoms with E-state index in [1.165, 1.54) is 0 Å². The SMILES string of the molecule is CCCCOCCOCCOCCOCCOCCOCCOCCOCCOCCOCCOCCOCCOCCOCCOCCOCCOCCOCCOCCOCCOCCOCCOCCC(=O)N(CCC(C)(C)C)CCC(C)(C)C. The maximum absolute atomic E-state index is 12.9. The number of ether oxygens (including phenoxy) is 23. The Hall–Kier alpha value is -1.45. The summed E-state index contributed by atoms with van der Waals surface area (Å²) in [5.41, 5.74) is 0.375. The minimum Gasteiger partial charge on any atom is -0.379 e. The molecule has 0 spiro atoms. The highest BCUT2D eigenvalue weighted by molar-refractivity contribution is 5.76. The monoisotopic (exact) mass is 1280 g/mol. The maximum Gasteiger partial charge on any atom is 0.224 e. The van der Waals surface area contributed by atoms with Crippen molar-refractivity contribution in [2.75, 3.05) is 317 Å². The lowest BCUT2D eigenvalue weighted by molar-refractivity contribution is -0.133. The molecular weight excluding hydrogens is 1150 g/mol. The third-order valence-electron chi connectivity index (χ3n) is 11.9. The molecule has 0 aromatic carbocycles. The van der Waals surface area contributed by atoms with Crippen molar-refractivity contribution in [3.05, 3.63) is 0 Å². The summed E-state index contributed by atoms with van der Waals surface area (Å²) in [6.07, 6.45) is 4.57. The van der Waals surface area contributed by atoms with E-state index in [2.05, 4.69) is 48.5 Å². The van der Waals surface area contributed by atoms with Gasteiger partial charge in [0.25, 0.3) is 0 Å². The molecule has 0 saturated carbocycles. The average molecular weight is 1280 g/mol. The number of unbranched alkanes of at least 4 members (excludes halogenated alkanes) is 1. The Kier molecular flexibility index (Phi) is 70.2. The molecule has 0 aromatic heterocycles. The van der Waals surface area contributed by atoms with E-state index >= 15 is 0 Å². The summed E-state index contributed by atoms with van der Waals surface area (Å²) >= 11 is 0. The van der Waals surface area contributed by atoms with E-state index in [4.69, 9.17) is 109 Å². The van der Waals surface area contributed by atoms with Gasteiger partial charge >= 0.3 is 0 Å². The van der Waals surface area contributed by atoms with E-state index in [0.717, 1.165) is 45.4 Å². The summed E-state index contributed by atoms with van der Waals surface area (Å²) in [7, 11) is 0. The van der Waals surface area contributed by atoms with Crippen molar-refractivity contribution in [1.82, 2.24) is 4.90 Å². The first-order valence-electron chi connectivity index (χ1n) is 32.6. The van der Waals surface area contributed by atoms with Gasteiger partial charge in [-0.25, -0.2) is 0 Å². The van der Waals surface area contributed by atoms with Crippen LogP contribution in [0.25, 0.3) is 0 Å². The number of amides is 1. The topological polar surface area (TPSA) is 233 Å². The molecule has 88 heavy (non-hydrogen) atoms. The Bertz CT molecular complexity index is 1320. The molecule has 0 fully saturated rings. The Labute approximate surface area is 531 Å². The molecule has 25 nitrogen and oxygen atoms in total. The lowest BCUT2D eigenvalue weighted by Gasteiger charge is -2.29. The molecule has 0 bridgehead atoms. The summed E-state index contributed by atoms with van der Waals surface area (Å²) in [6, 6.07) is 0. The molecule has 0 rings (SSSR count). The minimum absolute atomic E-state index is 0.157. The smallest absolute Gasteiger partial charge is 0.224 e. The van der Waals surface area contributed by atoms with Crippen molar-refractivity contribution in [1.29, 1.82) is 0 Å². The van der Waals surface area contributed by atoms with E-state index in [-0.39, 0.29) is 16.7 Å². The van der Waals surface area contributed by atoms with Gasteiger partial charge in [-0.2, -0.15) is 0 Å². The first kappa shape index (κ1) is 86.5. The number of rotatable bonds is 76. The van der Waals surface area contributed by atoms with Crippen LogP contribution in [0, 0.1) is 10.8 Å². The van der Waals surface area contributed by atoms with Crippen LogP contribution in [0.15, 0.2) is 0 Å². The van der Waals surface area contributed by atoms with Gasteiger partial charge in [-0.1, -0.05) is 54.9 Å². The van der Waals surface area contributed by atoms with Crippen molar-refractivity contribution in [2.24, 2.45) is 10.8 Å². The predicted molar refractivity (Wildman–Crippen MR) is 333 cm³/mol. The second-order valence-corrected chi connectivity index (χ2v) is 22.2. The lowest BCUT2D eigenvalue weighted by Crippen LogP contribution is -2.36. The summed E-state index contributed by atoms with van der Waals surface area (Å²) in [5, 5.41) is 0. The van der Waals surface area contributed by atoms with E-state index in [9.17, 15) is 4.79 Å². The molecular formula is C63H127NO24. The van der Waals surface area contributed by atoms with E-state index in [1.807, 2.05) is 4.90 Å². The number of hydrogen-bond donors (Lipinski definition) is 0. The normalized spacial score (nSPS) is 12.1. The quantitative estimate of drug-likeness (QED) is 0.0707. The third-order valence-corrected chi connectivity index (χ3v) is 11.9. The highest BCUT2D eigenvalue weighted by atomic mass is 16.6. The molecule has 1 amide bonds. The van der Waals surface area contributed by atoms with Gasteiger partial charge in [-0.15, -0.1) is 0 Å². The fourth-order valence-electron chi connectivity index (χ4n) is 6.81. The molecule has 0 aliphatic rings. The molecule has 0 aliphatic heterocycles. The van der Waals surface area contributed by atoms with Crippen LogP contribution in [0.3, 0.4) is 0 Å². The van der Waals surface area contributed by atoms with Crippen molar-refractivity contribution < 1.29 is 114 Å². The molecule has 0 heterocycles. The fourth-order valence-corrected chi connectivity index (χ4v) is 6.81. The first-order chi connectivity index (χ1) is 43.0. The zero-order valence-electron chi connectivity index (χ0n) is 56.2. The van der Waals surface area contributed by atoms with Crippen LogP contribution in [-0.4, -0.2) is 328 Å². The number of hydrogen-bond acceptors (Lipinski definition) is 24. The zero-order valence-corrected chi connectivity index (χ0v) is 56.2. The molecule has 528 valence electrons. The molecule has 0 radical (unpaired) electrons. The third kappa shape index (κ3) is 77.0. The van der Waals surface area contributed by atoms with Crippen molar-refractivity contribution in [3.8, 4) is 0 Å². The second kappa shape index (κ2) is 71.4.